The van der Waals surface area contributed by atoms with Crippen LogP contribution in [0.2, 0.25) is 0 Å². The van der Waals surface area contributed by atoms with Gasteiger partial charge in [0.15, 0.2) is 0 Å². The Morgan fingerprint density at radius 1 is 1.20 bits per heavy atom. The van der Waals surface area contributed by atoms with Crippen LogP contribution in [0, 0.1) is 0 Å². The quantitative estimate of drug-likeness (QED) is 0.827. The molecular weight excluding hydrogens is 314 g/mol. The van der Waals surface area contributed by atoms with Gasteiger partial charge in [0.05, 0.1) is 0 Å². The van der Waals surface area contributed by atoms with Gasteiger partial charge in [0, 0.05) is 57.0 Å². The normalized spacial score (nSPS) is 22.3. The van der Waals surface area contributed by atoms with Gasteiger partial charge < -0.3 is 14.4 Å². The number of likely N-dealkylation sites (N-methyl/N-ethyl adjacent to an activating group) is 1. The van der Waals surface area contributed by atoms with E-state index in [1.54, 1.807) is 0 Å². The molecule has 0 radical (unpaired) electrons. The van der Waals surface area contributed by atoms with Crippen molar-refractivity contribution < 1.29 is 4.79 Å². The molecule has 0 bridgehead atoms. The number of aromatic nitrogens is 2. The van der Waals surface area contributed by atoms with E-state index < -0.39 is 0 Å². The zero-order valence-electron chi connectivity index (χ0n) is 16.1. The SMILES string of the molecule is CCc1nccn1CCC(=O)N1CCCN(C)C2(CCN(C)CC2)C1. The third-order valence-corrected chi connectivity index (χ3v) is 6.17. The maximum atomic E-state index is 12.9. The number of carbonyl (C=O) groups is 1. The number of carbonyl (C=O) groups excluding carboxylic acids is 1. The largest absolute Gasteiger partial charge is 0.341 e. The Morgan fingerprint density at radius 3 is 2.68 bits per heavy atom. The van der Waals surface area contributed by atoms with Gasteiger partial charge in [0.25, 0.3) is 0 Å². The highest BCUT2D eigenvalue weighted by Gasteiger charge is 2.41. The number of aryl methyl sites for hydroxylation is 2. The average Bonchev–Trinajstić information content (AvgIpc) is 3.01. The Bertz CT molecular complexity index is 576. The molecule has 2 saturated heterocycles. The van der Waals surface area contributed by atoms with Crippen LogP contribution >= 0.6 is 0 Å². The zero-order chi connectivity index (χ0) is 17.9. The smallest absolute Gasteiger partial charge is 0.224 e. The van der Waals surface area contributed by atoms with E-state index in [1.165, 1.54) is 0 Å². The molecule has 0 aliphatic carbocycles. The highest BCUT2D eigenvalue weighted by Crippen LogP contribution is 2.31. The summed E-state index contributed by atoms with van der Waals surface area (Å²) in [7, 11) is 4.45. The van der Waals surface area contributed by atoms with Crippen molar-refractivity contribution in [2.24, 2.45) is 0 Å². The van der Waals surface area contributed by atoms with E-state index in [0.29, 0.717) is 12.3 Å². The molecular formula is C19H33N5O. The van der Waals surface area contributed by atoms with Crippen LogP contribution in [0.5, 0.6) is 0 Å². The Balaban J connectivity index is 1.63. The molecule has 6 nitrogen and oxygen atoms in total. The summed E-state index contributed by atoms with van der Waals surface area (Å²) in [6.07, 6.45) is 8.69. The minimum atomic E-state index is 0.169. The fourth-order valence-electron chi connectivity index (χ4n) is 4.31. The highest BCUT2D eigenvalue weighted by atomic mass is 16.2. The van der Waals surface area contributed by atoms with E-state index in [0.717, 1.165) is 70.8 Å². The standard InChI is InChI=1S/C19H33N5O/c1-4-17-20-9-15-23(17)12-6-18(25)24-11-5-10-22(3)19(16-24)7-13-21(2)14-8-19/h9,15H,4-8,10-14,16H2,1-3H3. The third kappa shape index (κ3) is 4.06. The molecule has 6 heteroatoms. The molecule has 1 aromatic rings. The van der Waals surface area contributed by atoms with Gasteiger partial charge in [-0.2, -0.15) is 0 Å². The number of likely N-dealkylation sites (tertiary alicyclic amines) is 1. The van der Waals surface area contributed by atoms with Crippen molar-refractivity contribution in [3.8, 4) is 0 Å². The fraction of sp³-hybridized carbons (Fsp3) is 0.789. The number of piperidine rings is 1. The van der Waals surface area contributed by atoms with Crippen molar-refractivity contribution >= 4 is 5.91 Å². The molecule has 140 valence electrons. The van der Waals surface area contributed by atoms with Crippen molar-refractivity contribution in [3.63, 3.8) is 0 Å². The van der Waals surface area contributed by atoms with Crippen molar-refractivity contribution in [1.82, 2.24) is 24.3 Å². The van der Waals surface area contributed by atoms with Gasteiger partial charge in [0.2, 0.25) is 5.91 Å². The molecule has 1 aromatic heterocycles. The lowest BCUT2D eigenvalue weighted by atomic mass is 9.85. The van der Waals surface area contributed by atoms with Gasteiger partial charge in [-0.1, -0.05) is 6.92 Å². The average molecular weight is 348 g/mol. The van der Waals surface area contributed by atoms with E-state index in [-0.39, 0.29) is 5.54 Å². The summed E-state index contributed by atoms with van der Waals surface area (Å²) < 4.78 is 2.12. The number of imidazole rings is 1. The second-order valence-electron chi connectivity index (χ2n) is 7.76. The molecule has 1 amide bonds. The zero-order valence-corrected chi connectivity index (χ0v) is 16.1. The minimum Gasteiger partial charge on any atom is -0.341 e. The first-order valence-electron chi connectivity index (χ1n) is 9.71. The summed E-state index contributed by atoms with van der Waals surface area (Å²) >= 11 is 0. The molecule has 0 atom stereocenters. The van der Waals surface area contributed by atoms with Gasteiger partial charge in [-0.3, -0.25) is 9.69 Å². The van der Waals surface area contributed by atoms with Crippen LogP contribution in [0.15, 0.2) is 12.4 Å². The number of nitrogens with zero attached hydrogens (tertiary/aromatic N) is 5. The van der Waals surface area contributed by atoms with Crippen LogP contribution in [-0.2, 0) is 17.8 Å². The lowest BCUT2D eigenvalue weighted by molar-refractivity contribution is -0.133. The fourth-order valence-corrected chi connectivity index (χ4v) is 4.31. The van der Waals surface area contributed by atoms with Crippen LogP contribution in [0.25, 0.3) is 0 Å². The van der Waals surface area contributed by atoms with Crippen LogP contribution < -0.4 is 0 Å². The molecule has 0 unspecified atom stereocenters. The number of rotatable bonds is 4. The first kappa shape index (κ1) is 18.4. The second-order valence-corrected chi connectivity index (χ2v) is 7.76. The van der Waals surface area contributed by atoms with Gasteiger partial charge in [0.1, 0.15) is 5.82 Å². The molecule has 2 aliphatic heterocycles. The Labute approximate surface area is 151 Å². The van der Waals surface area contributed by atoms with Gasteiger partial charge in [-0.25, -0.2) is 4.98 Å². The van der Waals surface area contributed by atoms with Crippen LogP contribution in [0.4, 0.5) is 0 Å². The predicted molar refractivity (Wildman–Crippen MR) is 99.5 cm³/mol. The Hall–Kier alpha value is -1.40. The molecule has 0 aromatic carbocycles. The molecule has 1 spiro atoms. The third-order valence-electron chi connectivity index (χ3n) is 6.17. The summed E-state index contributed by atoms with van der Waals surface area (Å²) in [5.74, 6) is 1.36. The topological polar surface area (TPSA) is 44.6 Å². The van der Waals surface area contributed by atoms with Crippen LogP contribution in [-0.4, -0.2) is 82.5 Å². The van der Waals surface area contributed by atoms with Crippen molar-refractivity contribution in [3.05, 3.63) is 18.2 Å². The second kappa shape index (κ2) is 7.87. The van der Waals surface area contributed by atoms with E-state index >= 15 is 0 Å². The Kier molecular flexibility index (Phi) is 5.79. The summed E-state index contributed by atoms with van der Waals surface area (Å²) in [6, 6.07) is 0. The summed E-state index contributed by atoms with van der Waals surface area (Å²) in [5.41, 5.74) is 0.169. The van der Waals surface area contributed by atoms with Crippen LogP contribution in [0.1, 0.15) is 38.4 Å². The lowest BCUT2D eigenvalue weighted by Crippen LogP contribution is -2.58. The number of amides is 1. The molecule has 3 rings (SSSR count). The Morgan fingerprint density at radius 2 is 1.96 bits per heavy atom. The van der Waals surface area contributed by atoms with E-state index in [4.69, 9.17) is 0 Å². The molecule has 3 heterocycles. The number of hydrogen-bond acceptors (Lipinski definition) is 4. The lowest BCUT2D eigenvalue weighted by Gasteiger charge is -2.47. The van der Waals surface area contributed by atoms with Crippen molar-refractivity contribution in [2.75, 3.05) is 46.8 Å². The monoisotopic (exact) mass is 347 g/mol. The maximum absolute atomic E-state index is 12.9. The predicted octanol–water partition coefficient (Wildman–Crippen LogP) is 1.46. The summed E-state index contributed by atoms with van der Waals surface area (Å²) in [6.45, 7) is 7.98. The molecule has 2 fully saturated rings. The summed E-state index contributed by atoms with van der Waals surface area (Å²) in [5, 5.41) is 0. The molecule has 0 saturated carbocycles. The van der Waals surface area contributed by atoms with E-state index in [2.05, 4.69) is 45.3 Å². The van der Waals surface area contributed by atoms with Crippen LogP contribution in [0.3, 0.4) is 0 Å². The van der Waals surface area contributed by atoms with E-state index in [9.17, 15) is 4.79 Å². The van der Waals surface area contributed by atoms with Gasteiger partial charge in [-0.15, -0.1) is 0 Å². The van der Waals surface area contributed by atoms with Crippen molar-refractivity contribution in [2.45, 2.75) is 51.1 Å². The molecule has 0 N–H and O–H groups in total. The minimum absolute atomic E-state index is 0.169. The highest BCUT2D eigenvalue weighted by molar-refractivity contribution is 5.76. The molecule has 25 heavy (non-hydrogen) atoms. The number of hydrogen-bond donors (Lipinski definition) is 0. The van der Waals surface area contributed by atoms with E-state index in [1.807, 2.05) is 12.4 Å². The van der Waals surface area contributed by atoms with Crippen molar-refractivity contribution in [1.29, 1.82) is 0 Å². The van der Waals surface area contributed by atoms with Gasteiger partial charge >= 0.3 is 0 Å². The first-order chi connectivity index (χ1) is 12.0. The molecule has 2 aliphatic rings. The first-order valence-corrected chi connectivity index (χ1v) is 9.71. The maximum Gasteiger partial charge on any atom is 0.224 e. The van der Waals surface area contributed by atoms with Gasteiger partial charge in [-0.05, 0) is 46.4 Å². The summed E-state index contributed by atoms with van der Waals surface area (Å²) in [4.78, 5) is 24.3.